The highest BCUT2D eigenvalue weighted by atomic mass is 32.2. The van der Waals surface area contributed by atoms with Crippen LogP contribution in [0, 0.1) is 0 Å². The minimum absolute atomic E-state index is 0.350. The summed E-state index contributed by atoms with van der Waals surface area (Å²) in [5.74, 6) is 0.156. The number of ether oxygens (including phenoxy) is 1. The minimum atomic E-state index is -0.566. The molecule has 78 valence electrons. The van der Waals surface area contributed by atoms with Crippen molar-refractivity contribution in [2.75, 3.05) is 12.4 Å². The van der Waals surface area contributed by atoms with Crippen LogP contribution in [0.2, 0.25) is 0 Å². The third kappa shape index (κ3) is 3.65. The highest BCUT2D eigenvalue weighted by molar-refractivity contribution is 8.01. The summed E-state index contributed by atoms with van der Waals surface area (Å²) in [5.41, 5.74) is 5.60. The van der Waals surface area contributed by atoms with E-state index >= 15 is 0 Å². The number of nitrogens with two attached hydrogens (primary N) is 1. The zero-order valence-electron chi connectivity index (χ0n) is 7.80. The van der Waals surface area contributed by atoms with E-state index in [2.05, 4.69) is 4.98 Å². The van der Waals surface area contributed by atoms with Crippen LogP contribution in [-0.4, -0.2) is 29.4 Å². The molecule has 0 fully saturated rings. The number of rotatable bonds is 5. The molecule has 0 spiro atoms. The highest BCUT2D eigenvalue weighted by Gasteiger charge is 2.14. The maximum Gasteiger partial charge on any atom is 0.323 e. The fourth-order valence-electron chi connectivity index (χ4n) is 0.760. The monoisotopic (exact) mass is 232 g/mol. The van der Waals surface area contributed by atoms with Crippen molar-refractivity contribution in [3.8, 4) is 0 Å². The molecule has 1 aromatic heterocycles. The molecule has 2 N–H and O–H groups in total. The fourth-order valence-corrected chi connectivity index (χ4v) is 2.36. The van der Waals surface area contributed by atoms with Crippen LogP contribution in [0.5, 0.6) is 0 Å². The zero-order valence-corrected chi connectivity index (χ0v) is 9.44. The number of nitrogens with zero attached hydrogens (tertiary/aromatic N) is 1. The summed E-state index contributed by atoms with van der Waals surface area (Å²) < 4.78 is 5.70. The maximum atomic E-state index is 11.1. The van der Waals surface area contributed by atoms with Gasteiger partial charge < -0.3 is 10.5 Å². The van der Waals surface area contributed by atoms with Crippen molar-refractivity contribution in [2.45, 2.75) is 17.3 Å². The molecule has 0 aromatic carbocycles. The van der Waals surface area contributed by atoms with Gasteiger partial charge in [-0.2, -0.15) is 0 Å². The summed E-state index contributed by atoms with van der Waals surface area (Å²) >= 11 is 3.01. The molecule has 4 nitrogen and oxygen atoms in total. The number of carbonyl (C=O) groups is 1. The second-order valence-electron chi connectivity index (χ2n) is 2.47. The molecular weight excluding hydrogens is 220 g/mol. The summed E-state index contributed by atoms with van der Waals surface area (Å²) in [6.07, 6.45) is 1.73. The second kappa shape index (κ2) is 6.00. The number of thioether (sulfide) groups is 1. The van der Waals surface area contributed by atoms with Gasteiger partial charge in [0.05, 0.1) is 6.61 Å². The van der Waals surface area contributed by atoms with E-state index in [-0.39, 0.29) is 5.97 Å². The third-order valence-corrected chi connectivity index (χ3v) is 3.47. The number of carbonyl (C=O) groups excluding carboxylic acids is 1. The molecule has 0 aliphatic rings. The smallest absolute Gasteiger partial charge is 0.323 e. The van der Waals surface area contributed by atoms with Crippen LogP contribution in [0.1, 0.15) is 6.92 Å². The summed E-state index contributed by atoms with van der Waals surface area (Å²) in [6, 6.07) is -0.566. The van der Waals surface area contributed by atoms with Gasteiger partial charge in [-0.1, -0.05) is 11.8 Å². The van der Waals surface area contributed by atoms with Crippen LogP contribution in [0.3, 0.4) is 0 Å². The lowest BCUT2D eigenvalue weighted by atomic mass is 10.4. The van der Waals surface area contributed by atoms with Crippen LogP contribution in [-0.2, 0) is 9.53 Å². The van der Waals surface area contributed by atoms with Gasteiger partial charge in [0, 0.05) is 17.3 Å². The van der Waals surface area contributed by atoms with E-state index < -0.39 is 6.04 Å². The van der Waals surface area contributed by atoms with E-state index in [9.17, 15) is 4.79 Å². The van der Waals surface area contributed by atoms with E-state index in [0.717, 1.165) is 4.34 Å². The molecule has 0 saturated carbocycles. The fraction of sp³-hybridized carbons (Fsp3) is 0.500. The van der Waals surface area contributed by atoms with Crippen molar-refractivity contribution in [3.63, 3.8) is 0 Å². The van der Waals surface area contributed by atoms with Crippen LogP contribution >= 0.6 is 23.1 Å². The quantitative estimate of drug-likeness (QED) is 0.609. The molecule has 1 unspecified atom stereocenters. The molecular formula is C8H12N2O2S2. The number of thiazole rings is 1. The second-order valence-corrected chi connectivity index (χ2v) is 4.63. The molecule has 0 aliphatic carbocycles. The number of hydrogen-bond acceptors (Lipinski definition) is 6. The van der Waals surface area contributed by atoms with E-state index in [1.807, 2.05) is 5.38 Å². The average Bonchev–Trinajstić information content (AvgIpc) is 2.67. The van der Waals surface area contributed by atoms with Crippen molar-refractivity contribution < 1.29 is 9.53 Å². The lowest BCUT2D eigenvalue weighted by Crippen LogP contribution is -2.34. The van der Waals surface area contributed by atoms with Gasteiger partial charge in [-0.3, -0.25) is 4.79 Å². The Bertz CT molecular complexity index is 277. The molecule has 6 heteroatoms. The Kier molecular flexibility index (Phi) is 4.92. The first-order chi connectivity index (χ1) is 6.74. The molecule has 1 rings (SSSR count). The van der Waals surface area contributed by atoms with Gasteiger partial charge in [0.1, 0.15) is 10.4 Å². The van der Waals surface area contributed by atoms with Crippen LogP contribution in [0.4, 0.5) is 0 Å². The lowest BCUT2D eigenvalue weighted by Gasteiger charge is -2.08. The Balaban J connectivity index is 2.27. The van der Waals surface area contributed by atoms with E-state index in [0.29, 0.717) is 12.4 Å². The molecule has 14 heavy (non-hydrogen) atoms. The predicted octanol–water partition coefficient (Wildman–Crippen LogP) is 1.13. The molecule has 0 bridgehead atoms. The first kappa shape index (κ1) is 11.5. The topological polar surface area (TPSA) is 65.2 Å². The normalized spacial score (nSPS) is 12.4. The number of hydrogen-bond donors (Lipinski definition) is 1. The van der Waals surface area contributed by atoms with Gasteiger partial charge in [0.15, 0.2) is 0 Å². The maximum absolute atomic E-state index is 11.1. The number of esters is 1. The summed E-state index contributed by atoms with van der Waals surface area (Å²) in [7, 11) is 0. The van der Waals surface area contributed by atoms with Gasteiger partial charge in [0.25, 0.3) is 0 Å². The molecule has 0 saturated heterocycles. The lowest BCUT2D eigenvalue weighted by molar-refractivity contribution is -0.144. The third-order valence-electron chi connectivity index (χ3n) is 1.39. The Labute approximate surface area is 90.9 Å². The van der Waals surface area contributed by atoms with Gasteiger partial charge in [0.2, 0.25) is 0 Å². The zero-order chi connectivity index (χ0) is 10.4. The van der Waals surface area contributed by atoms with Crippen LogP contribution < -0.4 is 5.73 Å². The van der Waals surface area contributed by atoms with Crippen LogP contribution in [0.25, 0.3) is 0 Å². The average molecular weight is 232 g/mol. The molecule has 1 atom stereocenters. The van der Waals surface area contributed by atoms with Gasteiger partial charge in [-0.05, 0) is 6.92 Å². The van der Waals surface area contributed by atoms with Gasteiger partial charge in [-0.25, -0.2) is 4.98 Å². The Morgan fingerprint density at radius 2 is 2.64 bits per heavy atom. The molecule has 1 heterocycles. The van der Waals surface area contributed by atoms with Crippen molar-refractivity contribution in [2.24, 2.45) is 5.73 Å². The van der Waals surface area contributed by atoms with Gasteiger partial charge >= 0.3 is 5.97 Å². The summed E-state index contributed by atoms with van der Waals surface area (Å²) in [5, 5.41) is 1.89. The van der Waals surface area contributed by atoms with Crippen molar-refractivity contribution >= 4 is 29.1 Å². The van der Waals surface area contributed by atoms with Crippen molar-refractivity contribution in [1.29, 1.82) is 0 Å². The molecule has 0 aliphatic heterocycles. The first-order valence-corrected chi connectivity index (χ1v) is 6.05. The molecule has 0 amide bonds. The molecule has 1 aromatic rings. The van der Waals surface area contributed by atoms with Gasteiger partial charge in [-0.15, -0.1) is 11.3 Å². The van der Waals surface area contributed by atoms with E-state index in [1.54, 1.807) is 13.1 Å². The van der Waals surface area contributed by atoms with Crippen molar-refractivity contribution in [1.82, 2.24) is 4.98 Å². The predicted molar refractivity (Wildman–Crippen MR) is 57.4 cm³/mol. The van der Waals surface area contributed by atoms with E-state index in [4.69, 9.17) is 10.5 Å². The molecule has 0 radical (unpaired) electrons. The highest BCUT2D eigenvalue weighted by Crippen LogP contribution is 2.20. The minimum Gasteiger partial charge on any atom is -0.465 e. The summed E-state index contributed by atoms with van der Waals surface area (Å²) in [4.78, 5) is 15.2. The Morgan fingerprint density at radius 1 is 1.86 bits per heavy atom. The van der Waals surface area contributed by atoms with Crippen LogP contribution in [0.15, 0.2) is 15.9 Å². The Hall–Kier alpha value is -0.590. The first-order valence-electron chi connectivity index (χ1n) is 4.18. The Morgan fingerprint density at radius 3 is 3.21 bits per heavy atom. The standard InChI is InChI=1S/C8H12N2O2S2/c1-2-12-7(11)6(9)5-14-8-10-3-4-13-8/h3-4,6H,2,5,9H2,1H3. The SMILES string of the molecule is CCOC(=O)C(N)CSc1nccs1. The summed E-state index contributed by atoms with van der Waals surface area (Å²) in [6.45, 7) is 2.13. The largest absolute Gasteiger partial charge is 0.465 e. The van der Waals surface area contributed by atoms with E-state index in [1.165, 1.54) is 23.1 Å². The van der Waals surface area contributed by atoms with Crippen molar-refractivity contribution in [3.05, 3.63) is 11.6 Å². The number of aromatic nitrogens is 1.